The molecule has 0 unspecified atom stereocenters. The molecule has 2 rings (SSSR count). The highest BCUT2D eigenvalue weighted by Gasteiger charge is 2.08. The maximum atomic E-state index is 10.9. The van der Waals surface area contributed by atoms with Gasteiger partial charge < -0.3 is 9.84 Å². The number of aromatic carboxylic acids is 1. The maximum Gasteiger partial charge on any atom is 0.335 e. The smallest absolute Gasteiger partial charge is 0.335 e. The third-order valence-corrected chi connectivity index (χ3v) is 4.35. The minimum atomic E-state index is -0.991. The zero-order chi connectivity index (χ0) is 18.4. The Bertz CT molecular complexity index is 835. The Balaban J connectivity index is 2.29. The molecule has 0 bridgehead atoms. The third kappa shape index (κ3) is 4.94. The zero-order valence-corrected chi connectivity index (χ0v) is 15.6. The van der Waals surface area contributed by atoms with Crippen LogP contribution in [0.15, 0.2) is 46.9 Å². The standard InChI is InChI=1S/C20H18BrNO3/c1-3-13(2)25-19-9-4-14(11-18(19)21)10-17(12-22)15-5-7-16(8-6-15)20(23)24/h4-11,13H,3H2,1-2H3,(H,23,24)/b17-10-/t13-/m0/s1. The van der Waals surface area contributed by atoms with Crippen LogP contribution in [0.25, 0.3) is 11.6 Å². The molecule has 0 aliphatic carbocycles. The number of carboxylic acid groups (broad SMARTS) is 1. The Labute approximate surface area is 155 Å². The minimum Gasteiger partial charge on any atom is -0.490 e. The number of benzene rings is 2. The summed E-state index contributed by atoms with van der Waals surface area (Å²) < 4.78 is 6.63. The van der Waals surface area contributed by atoms with Gasteiger partial charge in [0, 0.05) is 0 Å². The SMILES string of the molecule is CC[C@H](C)Oc1ccc(/C=C(/C#N)c2ccc(C(=O)O)cc2)cc1Br. The normalized spacial score (nSPS) is 12.3. The highest BCUT2D eigenvalue weighted by atomic mass is 79.9. The highest BCUT2D eigenvalue weighted by molar-refractivity contribution is 9.10. The molecule has 1 atom stereocenters. The van der Waals surface area contributed by atoms with E-state index in [1.807, 2.05) is 25.1 Å². The van der Waals surface area contributed by atoms with E-state index in [9.17, 15) is 10.1 Å². The van der Waals surface area contributed by atoms with Crippen molar-refractivity contribution in [2.24, 2.45) is 0 Å². The molecule has 5 heteroatoms. The molecule has 0 fully saturated rings. The van der Waals surface area contributed by atoms with E-state index < -0.39 is 5.97 Å². The average molecular weight is 400 g/mol. The van der Waals surface area contributed by atoms with Crippen LogP contribution < -0.4 is 4.74 Å². The van der Waals surface area contributed by atoms with Crippen LogP contribution in [0.1, 0.15) is 41.8 Å². The van der Waals surface area contributed by atoms with Crippen LogP contribution in [-0.4, -0.2) is 17.2 Å². The van der Waals surface area contributed by atoms with Gasteiger partial charge in [0.2, 0.25) is 0 Å². The Morgan fingerprint density at radius 2 is 1.92 bits per heavy atom. The first-order valence-corrected chi connectivity index (χ1v) is 8.65. The first-order valence-electron chi connectivity index (χ1n) is 7.86. The predicted octanol–water partition coefficient (Wildman–Crippen LogP) is 5.39. The molecule has 1 N–H and O–H groups in total. The second-order valence-corrected chi connectivity index (χ2v) is 6.43. The molecule has 0 aliphatic heterocycles. The molecular weight excluding hydrogens is 382 g/mol. The topological polar surface area (TPSA) is 70.3 Å². The molecule has 128 valence electrons. The quantitative estimate of drug-likeness (QED) is 0.522. The van der Waals surface area contributed by atoms with Gasteiger partial charge in [0.15, 0.2) is 0 Å². The van der Waals surface area contributed by atoms with Crippen molar-refractivity contribution in [3.05, 3.63) is 63.6 Å². The van der Waals surface area contributed by atoms with Crippen molar-refractivity contribution in [1.29, 1.82) is 5.26 Å². The second kappa shape index (κ2) is 8.50. The summed E-state index contributed by atoms with van der Waals surface area (Å²) in [7, 11) is 0. The first kappa shape index (κ1) is 18.8. The molecule has 0 heterocycles. The minimum absolute atomic E-state index is 0.125. The molecule has 0 aliphatic rings. The Morgan fingerprint density at radius 1 is 1.28 bits per heavy atom. The number of allylic oxidation sites excluding steroid dienone is 1. The fourth-order valence-electron chi connectivity index (χ4n) is 2.14. The van der Waals surface area contributed by atoms with Crippen molar-refractivity contribution in [2.75, 3.05) is 0 Å². The lowest BCUT2D eigenvalue weighted by Crippen LogP contribution is -2.09. The van der Waals surface area contributed by atoms with Gasteiger partial charge in [-0.05, 0) is 70.7 Å². The third-order valence-electron chi connectivity index (χ3n) is 3.73. The van der Waals surface area contributed by atoms with Crippen LogP contribution in [0.5, 0.6) is 5.75 Å². The summed E-state index contributed by atoms with van der Waals surface area (Å²) in [6, 6.07) is 14.0. The Kier molecular flexibility index (Phi) is 6.37. The van der Waals surface area contributed by atoms with Crippen LogP contribution in [0.4, 0.5) is 0 Å². The molecule has 0 aromatic heterocycles. The summed E-state index contributed by atoms with van der Waals surface area (Å²) in [6.07, 6.45) is 2.80. The fraction of sp³-hybridized carbons (Fsp3) is 0.200. The molecule has 0 saturated heterocycles. The lowest BCUT2D eigenvalue weighted by Gasteiger charge is -2.14. The van der Waals surface area contributed by atoms with Crippen LogP contribution in [0.2, 0.25) is 0 Å². The lowest BCUT2D eigenvalue weighted by atomic mass is 10.0. The van der Waals surface area contributed by atoms with Crippen LogP contribution >= 0.6 is 15.9 Å². The van der Waals surface area contributed by atoms with Crippen molar-refractivity contribution in [3.8, 4) is 11.8 Å². The van der Waals surface area contributed by atoms with E-state index >= 15 is 0 Å². The molecule has 2 aromatic carbocycles. The monoisotopic (exact) mass is 399 g/mol. The van der Waals surface area contributed by atoms with E-state index in [4.69, 9.17) is 9.84 Å². The molecule has 4 nitrogen and oxygen atoms in total. The van der Waals surface area contributed by atoms with Crippen molar-refractivity contribution < 1.29 is 14.6 Å². The van der Waals surface area contributed by atoms with Gasteiger partial charge in [0.05, 0.1) is 27.8 Å². The van der Waals surface area contributed by atoms with Gasteiger partial charge in [0.1, 0.15) is 5.75 Å². The van der Waals surface area contributed by atoms with Crippen molar-refractivity contribution >= 4 is 33.5 Å². The van der Waals surface area contributed by atoms with Gasteiger partial charge >= 0.3 is 5.97 Å². The number of nitrogens with zero attached hydrogens (tertiary/aromatic N) is 1. The van der Waals surface area contributed by atoms with E-state index in [2.05, 4.69) is 28.9 Å². The van der Waals surface area contributed by atoms with Gasteiger partial charge in [-0.1, -0.05) is 25.1 Å². The van der Waals surface area contributed by atoms with E-state index in [0.717, 1.165) is 22.2 Å². The van der Waals surface area contributed by atoms with Gasteiger partial charge in [-0.3, -0.25) is 0 Å². The summed E-state index contributed by atoms with van der Waals surface area (Å²) in [5, 5.41) is 18.4. The molecule has 0 saturated carbocycles. The number of nitriles is 1. The van der Waals surface area contributed by atoms with Crippen LogP contribution in [-0.2, 0) is 0 Å². The number of hydrogen-bond acceptors (Lipinski definition) is 3. The molecular formula is C20H18BrNO3. The largest absolute Gasteiger partial charge is 0.490 e. The summed E-state index contributed by atoms with van der Waals surface area (Å²) in [5.74, 6) is -0.231. The maximum absolute atomic E-state index is 10.9. The van der Waals surface area contributed by atoms with E-state index in [-0.39, 0.29) is 11.7 Å². The second-order valence-electron chi connectivity index (χ2n) is 5.58. The highest BCUT2D eigenvalue weighted by Crippen LogP contribution is 2.29. The van der Waals surface area contributed by atoms with Gasteiger partial charge in [0.25, 0.3) is 0 Å². The van der Waals surface area contributed by atoms with Gasteiger partial charge in [-0.15, -0.1) is 0 Å². The number of carbonyl (C=O) groups is 1. The number of carboxylic acids is 1. The number of rotatable bonds is 6. The number of halogens is 1. The van der Waals surface area contributed by atoms with E-state index in [0.29, 0.717) is 11.1 Å². The number of ether oxygens (including phenoxy) is 1. The van der Waals surface area contributed by atoms with Crippen molar-refractivity contribution in [2.45, 2.75) is 26.4 Å². The summed E-state index contributed by atoms with van der Waals surface area (Å²) >= 11 is 3.50. The van der Waals surface area contributed by atoms with E-state index in [1.165, 1.54) is 12.1 Å². The lowest BCUT2D eigenvalue weighted by molar-refractivity contribution is 0.0697. The zero-order valence-electron chi connectivity index (χ0n) is 14.0. The molecule has 2 aromatic rings. The summed E-state index contributed by atoms with van der Waals surface area (Å²) in [6.45, 7) is 4.07. The van der Waals surface area contributed by atoms with Gasteiger partial charge in [-0.25, -0.2) is 4.79 Å². The predicted molar refractivity (Wildman–Crippen MR) is 101 cm³/mol. The molecule has 0 radical (unpaired) electrons. The van der Waals surface area contributed by atoms with Crippen molar-refractivity contribution in [3.63, 3.8) is 0 Å². The van der Waals surface area contributed by atoms with Crippen LogP contribution in [0.3, 0.4) is 0 Å². The van der Waals surface area contributed by atoms with Gasteiger partial charge in [-0.2, -0.15) is 5.26 Å². The Morgan fingerprint density at radius 3 is 2.44 bits per heavy atom. The summed E-state index contributed by atoms with van der Waals surface area (Å²) in [5.41, 5.74) is 2.17. The Hall–Kier alpha value is -2.58. The molecule has 0 spiro atoms. The molecule has 25 heavy (non-hydrogen) atoms. The first-order chi connectivity index (χ1) is 11.9. The fourth-order valence-corrected chi connectivity index (χ4v) is 2.63. The van der Waals surface area contributed by atoms with Crippen LogP contribution in [0, 0.1) is 11.3 Å². The summed E-state index contributed by atoms with van der Waals surface area (Å²) in [4.78, 5) is 10.9. The van der Waals surface area contributed by atoms with E-state index in [1.54, 1.807) is 18.2 Å². The average Bonchev–Trinajstić information content (AvgIpc) is 2.61. The molecule has 0 amide bonds. The number of hydrogen-bond donors (Lipinski definition) is 1. The van der Waals surface area contributed by atoms with Crippen molar-refractivity contribution in [1.82, 2.24) is 0 Å².